The van der Waals surface area contributed by atoms with Crippen molar-refractivity contribution in [2.24, 2.45) is 11.7 Å². The van der Waals surface area contributed by atoms with Gasteiger partial charge in [-0.3, -0.25) is 14.7 Å². The lowest BCUT2D eigenvalue weighted by Gasteiger charge is -2.35. The molecule has 2 saturated heterocycles. The van der Waals surface area contributed by atoms with Crippen molar-refractivity contribution in [2.45, 2.75) is 50.6 Å². The largest absolute Gasteiger partial charge is 0.381 e. The SMILES string of the molecule is N[C@H]1CC[C@@H](C(=O)NCCCc2cccnc2)CN(C2CCOCC2)C1. The molecule has 1 aromatic rings. The molecule has 0 aromatic carbocycles. The normalized spacial score (nSPS) is 25.6. The molecule has 0 unspecified atom stereocenters. The third kappa shape index (κ3) is 5.76. The summed E-state index contributed by atoms with van der Waals surface area (Å²) in [6.45, 7) is 4.08. The Morgan fingerprint density at radius 2 is 2.12 bits per heavy atom. The van der Waals surface area contributed by atoms with E-state index in [1.165, 1.54) is 5.56 Å². The maximum Gasteiger partial charge on any atom is 0.224 e. The maximum atomic E-state index is 12.7. The zero-order valence-corrected chi connectivity index (χ0v) is 15.6. The Kier molecular flexibility index (Phi) is 7.41. The Morgan fingerprint density at radius 1 is 1.27 bits per heavy atom. The van der Waals surface area contributed by atoms with Crippen LogP contribution in [-0.2, 0) is 16.0 Å². The molecule has 6 heteroatoms. The number of amides is 1. The number of hydrogen-bond acceptors (Lipinski definition) is 5. The second-order valence-electron chi connectivity index (χ2n) is 7.59. The topological polar surface area (TPSA) is 80.5 Å². The van der Waals surface area contributed by atoms with Gasteiger partial charge in [-0.05, 0) is 50.2 Å². The number of likely N-dealkylation sites (tertiary alicyclic amines) is 1. The first-order valence-electron chi connectivity index (χ1n) is 9.96. The Hall–Kier alpha value is -1.50. The summed E-state index contributed by atoms with van der Waals surface area (Å²) in [5.74, 6) is 0.229. The Bertz CT molecular complexity index is 548. The summed E-state index contributed by atoms with van der Waals surface area (Å²) in [6, 6.07) is 4.70. The highest BCUT2D eigenvalue weighted by atomic mass is 16.5. The summed E-state index contributed by atoms with van der Waals surface area (Å²) in [5, 5.41) is 3.14. The summed E-state index contributed by atoms with van der Waals surface area (Å²) < 4.78 is 5.48. The molecular formula is C20H32N4O2. The van der Waals surface area contributed by atoms with Crippen LogP contribution in [0.15, 0.2) is 24.5 Å². The van der Waals surface area contributed by atoms with Gasteiger partial charge in [-0.2, -0.15) is 0 Å². The molecule has 2 aliphatic heterocycles. The number of nitrogens with zero attached hydrogens (tertiary/aromatic N) is 2. The lowest BCUT2D eigenvalue weighted by Crippen LogP contribution is -2.47. The van der Waals surface area contributed by atoms with E-state index in [9.17, 15) is 4.79 Å². The van der Waals surface area contributed by atoms with Gasteiger partial charge in [-0.25, -0.2) is 0 Å². The van der Waals surface area contributed by atoms with Crippen LogP contribution in [0.1, 0.15) is 37.7 Å². The molecule has 1 amide bonds. The average molecular weight is 361 g/mol. The lowest BCUT2D eigenvalue weighted by atomic mass is 10.0. The molecule has 0 aliphatic carbocycles. The number of carbonyl (C=O) groups excluding carboxylic acids is 1. The zero-order valence-electron chi connectivity index (χ0n) is 15.6. The second kappa shape index (κ2) is 10.00. The van der Waals surface area contributed by atoms with Crippen LogP contribution in [0.4, 0.5) is 0 Å². The van der Waals surface area contributed by atoms with Crippen molar-refractivity contribution in [3.8, 4) is 0 Å². The quantitative estimate of drug-likeness (QED) is 0.749. The van der Waals surface area contributed by atoms with Crippen LogP contribution in [-0.4, -0.2) is 60.7 Å². The van der Waals surface area contributed by atoms with E-state index >= 15 is 0 Å². The minimum atomic E-state index is 0.0461. The van der Waals surface area contributed by atoms with Crippen molar-refractivity contribution in [1.29, 1.82) is 0 Å². The molecule has 3 heterocycles. The molecular weight excluding hydrogens is 328 g/mol. The molecule has 3 N–H and O–H groups in total. The van der Waals surface area contributed by atoms with Crippen LogP contribution in [0.2, 0.25) is 0 Å². The monoisotopic (exact) mass is 360 g/mol. The second-order valence-corrected chi connectivity index (χ2v) is 7.59. The molecule has 3 rings (SSSR count). The van der Waals surface area contributed by atoms with Gasteiger partial charge in [0.05, 0.1) is 5.92 Å². The molecule has 0 bridgehead atoms. The molecule has 6 nitrogen and oxygen atoms in total. The van der Waals surface area contributed by atoms with E-state index in [1.807, 2.05) is 12.3 Å². The van der Waals surface area contributed by atoms with Crippen LogP contribution in [0, 0.1) is 5.92 Å². The van der Waals surface area contributed by atoms with Gasteiger partial charge in [0.25, 0.3) is 0 Å². The molecule has 26 heavy (non-hydrogen) atoms. The van der Waals surface area contributed by atoms with Gasteiger partial charge in [0, 0.05) is 57.3 Å². The molecule has 2 aliphatic rings. The molecule has 0 radical (unpaired) electrons. The van der Waals surface area contributed by atoms with E-state index in [1.54, 1.807) is 6.20 Å². The lowest BCUT2D eigenvalue weighted by molar-refractivity contribution is -0.125. The van der Waals surface area contributed by atoms with Crippen molar-refractivity contribution in [1.82, 2.24) is 15.2 Å². The van der Waals surface area contributed by atoms with Crippen LogP contribution < -0.4 is 11.1 Å². The summed E-state index contributed by atoms with van der Waals surface area (Å²) >= 11 is 0. The molecule has 144 valence electrons. The first-order valence-corrected chi connectivity index (χ1v) is 9.96. The van der Waals surface area contributed by atoms with Crippen LogP contribution in [0.5, 0.6) is 0 Å². The van der Waals surface area contributed by atoms with Gasteiger partial charge in [-0.1, -0.05) is 6.07 Å². The van der Waals surface area contributed by atoms with E-state index in [0.717, 1.165) is 64.8 Å². The zero-order chi connectivity index (χ0) is 18.2. The molecule has 2 fully saturated rings. The van der Waals surface area contributed by atoms with Gasteiger partial charge >= 0.3 is 0 Å². The third-order valence-electron chi connectivity index (χ3n) is 5.55. The maximum absolute atomic E-state index is 12.7. The van der Waals surface area contributed by atoms with Crippen molar-refractivity contribution in [3.05, 3.63) is 30.1 Å². The highest BCUT2D eigenvalue weighted by molar-refractivity contribution is 5.78. The predicted octanol–water partition coefficient (Wildman–Crippen LogP) is 1.35. The minimum absolute atomic E-state index is 0.0461. The van der Waals surface area contributed by atoms with Gasteiger partial charge in [-0.15, -0.1) is 0 Å². The molecule has 1 aromatic heterocycles. The number of hydrogen-bond donors (Lipinski definition) is 2. The van der Waals surface area contributed by atoms with Crippen LogP contribution in [0.25, 0.3) is 0 Å². The number of ether oxygens (including phenoxy) is 1. The van der Waals surface area contributed by atoms with E-state index in [2.05, 4.69) is 21.3 Å². The van der Waals surface area contributed by atoms with E-state index in [-0.39, 0.29) is 17.9 Å². The standard InChI is InChI=1S/C20H32N4O2/c21-18-6-5-17(14-24(15-18)19-7-11-26-12-8-19)20(25)23-10-2-4-16-3-1-9-22-13-16/h1,3,9,13,17-19H,2,4-8,10-12,14-15,21H2,(H,23,25)/t17-,18+/m1/s1. The Labute approximate surface area is 156 Å². The number of carbonyl (C=O) groups is 1. The summed E-state index contributed by atoms with van der Waals surface area (Å²) in [4.78, 5) is 19.3. The first-order chi connectivity index (χ1) is 12.7. The molecule has 2 atom stereocenters. The van der Waals surface area contributed by atoms with Crippen LogP contribution >= 0.6 is 0 Å². The highest BCUT2D eigenvalue weighted by Gasteiger charge is 2.31. The fourth-order valence-electron chi connectivity index (χ4n) is 4.01. The molecule has 0 saturated carbocycles. The Balaban J connectivity index is 1.45. The third-order valence-corrected chi connectivity index (χ3v) is 5.55. The van der Waals surface area contributed by atoms with Gasteiger partial charge in [0.1, 0.15) is 0 Å². The number of rotatable bonds is 6. The summed E-state index contributed by atoms with van der Waals surface area (Å²) in [7, 11) is 0. The van der Waals surface area contributed by atoms with Crippen molar-refractivity contribution in [3.63, 3.8) is 0 Å². The number of nitrogens with two attached hydrogens (primary N) is 1. The predicted molar refractivity (Wildman–Crippen MR) is 102 cm³/mol. The number of aromatic nitrogens is 1. The van der Waals surface area contributed by atoms with Gasteiger partial charge in [0.15, 0.2) is 0 Å². The first kappa shape index (κ1) is 19.3. The van der Waals surface area contributed by atoms with Gasteiger partial charge < -0.3 is 15.8 Å². The number of nitrogens with one attached hydrogen (secondary N) is 1. The van der Waals surface area contributed by atoms with E-state index in [0.29, 0.717) is 12.6 Å². The number of pyridine rings is 1. The summed E-state index contributed by atoms with van der Waals surface area (Å²) in [6.07, 6.45) is 9.46. The minimum Gasteiger partial charge on any atom is -0.381 e. The van der Waals surface area contributed by atoms with Crippen LogP contribution in [0.3, 0.4) is 0 Å². The Morgan fingerprint density at radius 3 is 2.88 bits per heavy atom. The van der Waals surface area contributed by atoms with Gasteiger partial charge in [0.2, 0.25) is 5.91 Å². The average Bonchev–Trinajstić information content (AvgIpc) is 2.88. The summed E-state index contributed by atoms with van der Waals surface area (Å²) in [5.41, 5.74) is 7.49. The van der Waals surface area contributed by atoms with Crippen molar-refractivity contribution >= 4 is 5.91 Å². The van der Waals surface area contributed by atoms with Crippen molar-refractivity contribution in [2.75, 3.05) is 32.8 Å². The van der Waals surface area contributed by atoms with Crippen molar-refractivity contribution < 1.29 is 9.53 Å². The van der Waals surface area contributed by atoms with E-state index in [4.69, 9.17) is 10.5 Å². The fraction of sp³-hybridized carbons (Fsp3) is 0.700. The smallest absolute Gasteiger partial charge is 0.224 e. The van der Waals surface area contributed by atoms with E-state index < -0.39 is 0 Å². The fourth-order valence-corrected chi connectivity index (χ4v) is 4.01. The number of aryl methyl sites for hydroxylation is 1. The highest BCUT2D eigenvalue weighted by Crippen LogP contribution is 2.22. The molecule has 0 spiro atoms.